The molecule has 2 amide bonds. The maximum atomic E-state index is 13.7. The van der Waals surface area contributed by atoms with E-state index in [1.165, 1.54) is 26.5 Å². The lowest BCUT2D eigenvalue weighted by molar-refractivity contribution is 0.262. The lowest BCUT2D eigenvalue weighted by atomic mass is 10.3. The van der Waals surface area contributed by atoms with Gasteiger partial charge in [0.2, 0.25) is 0 Å². The van der Waals surface area contributed by atoms with Gasteiger partial charge in [-0.1, -0.05) is 6.07 Å². The Balaban J connectivity index is 1.61. The third-order valence-corrected chi connectivity index (χ3v) is 4.30. The zero-order valence-corrected chi connectivity index (χ0v) is 15.8. The highest BCUT2D eigenvalue weighted by atomic mass is 19.1. The number of nitrogens with one attached hydrogen (secondary N) is 4. The van der Waals surface area contributed by atoms with E-state index < -0.39 is 23.4 Å². The second-order valence-electron chi connectivity index (χ2n) is 6.13. The molecule has 0 aliphatic rings. The molecule has 9 nitrogen and oxygen atoms in total. The summed E-state index contributed by atoms with van der Waals surface area (Å²) in [6.45, 7) is 0. The standard InChI is InChI=1S/C19H16F2N6O3/c1-29-14-6-11-12(7-15(14)30-2)24-18(23-11)17-13(8-22-27-17)25-19(28)26-16-9(20)4-3-5-10(16)21/h3-8H,1-2H3,(H,22,27)(H,23,24)(H2,25,26,28). The summed E-state index contributed by atoms with van der Waals surface area (Å²) in [4.78, 5) is 19.8. The number of nitrogens with zero attached hydrogens (tertiary/aromatic N) is 2. The molecule has 2 aromatic carbocycles. The van der Waals surface area contributed by atoms with Crippen LogP contribution >= 0.6 is 0 Å². The first-order valence-electron chi connectivity index (χ1n) is 8.68. The number of amides is 2. The van der Waals surface area contributed by atoms with Crippen molar-refractivity contribution in [1.29, 1.82) is 0 Å². The van der Waals surface area contributed by atoms with Gasteiger partial charge in [0.25, 0.3) is 0 Å². The molecule has 0 saturated heterocycles. The molecule has 30 heavy (non-hydrogen) atoms. The third kappa shape index (κ3) is 3.48. The van der Waals surface area contributed by atoms with Crippen molar-refractivity contribution in [3.63, 3.8) is 0 Å². The molecule has 0 aliphatic carbocycles. The molecule has 154 valence electrons. The highest BCUT2D eigenvalue weighted by Crippen LogP contribution is 2.33. The van der Waals surface area contributed by atoms with Crippen LogP contribution in [0.1, 0.15) is 0 Å². The lowest BCUT2D eigenvalue weighted by Crippen LogP contribution is -2.21. The van der Waals surface area contributed by atoms with E-state index in [-0.39, 0.29) is 5.69 Å². The van der Waals surface area contributed by atoms with Gasteiger partial charge in [0.1, 0.15) is 17.3 Å². The maximum Gasteiger partial charge on any atom is 0.323 e. The molecule has 0 fully saturated rings. The number of H-pyrrole nitrogens is 2. The number of halogens is 2. The van der Waals surface area contributed by atoms with Gasteiger partial charge in [-0.15, -0.1) is 0 Å². The Morgan fingerprint density at radius 3 is 2.47 bits per heavy atom. The van der Waals surface area contributed by atoms with Crippen LogP contribution in [-0.2, 0) is 0 Å². The number of urea groups is 1. The van der Waals surface area contributed by atoms with E-state index >= 15 is 0 Å². The van der Waals surface area contributed by atoms with Crippen molar-refractivity contribution in [2.24, 2.45) is 0 Å². The highest BCUT2D eigenvalue weighted by Gasteiger charge is 2.18. The van der Waals surface area contributed by atoms with Gasteiger partial charge in [0.05, 0.1) is 30.9 Å². The minimum absolute atomic E-state index is 0.252. The van der Waals surface area contributed by atoms with Crippen LogP contribution < -0.4 is 20.1 Å². The van der Waals surface area contributed by atoms with Crippen molar-refractivity contribution in [2.75, 3.05) is 24.9 Å². The van der Waals surface area contributed by atoms with Gasteiger partial charge in [-0.25, -0.2) is 18.6 Å². The molecule has 4 aromatic rings. The van der Waals surface area contributed by atoms with Crippen LogP contribution in [0.4, 0.5) is 25.0 Å². The molecule has 2 heterocycles. The van der Waals surface area contributed by atoms with E-state index in [1.54, 1.807) is 12.1 Å². The third-order valence-electron chi connectivity index (χ3n) is 4.30. The molecule has 0 unspecified atom stereocenters. The van der Waals surface area contributed by atoms with Gasteiger partial charge >= 0.3 is 6.03 Å². The predicted molar refractivity (Wildman–Crippen MR) is 106 cm³/mol. The molecule has 0 radical (unpaired) electrons. The van der Waals surface area contributed by atoms with Crippen LogP contribution in [0, 0.1) is 11.6 Å². The number of fused-ring (bicyclic) bond motifs is 1. The molecule has 0 saturated carbocycles. The Kier molecular flexibility index (Phi) is 4.92. The van der Waals surface area contributed by atoms with Crippen LogP contribution in [0.25, 0.3) is 22.6 Å². The number of hydrogen-bond acceptors (Lipinski definition) is 5. The Hall–Kier alpha value is -4.15. The fourth-order valence-electron chi connectivity index (χ4n) is 2.90. The molecule has 0 spiro atoms. The number of ether oxygens (including phenoxy) is 2. The second kappa shape index (κ2) is 7.70. The van der Waals surface area contributed by atoms with Crippen LogP contribution in [-0.4, -0.2) is 40.4 Å². The molecular formula is C19H16F2N6O3. The Bertz CT molecular complexity index is 1180. The van der Waals surface area contributed by atoms with E-state index in [0.29, 0.717) is 34.1 Å². The number of anilines is 2. The fourth-order valence-corrected chi connectivity index (χ4v) is 2.90. The molecule has 0 aliphatic heterocycles. The Labute approximate surface area is 168 Å². The van der Waals surface area contributed by atoms with Crippen LogP contribution in [0.3, 0.4) is 0 Å². The smallest absolute Gasteiger partial charge is 0.323 e. The summed E-state index contributed by atoms with van der Waals surface area (Å²) in [5, 5.41) is 11.4. The van der Waals surface area contributed by atoms with E-state index in [4.69, 9.17) is 9.47 Å². The van der Waals surface area contributed by atoms with Crippen LogP contribution in [0.2, 0.25) is 0 Å². The normalized spacial score (nSPS) is 10.8. The van der Waals surface area contributed by atoms with Crippen molar-refractivity contribution in [1.82, 2.24) is 20.2 Å². The van der Waals surface area contributed by atoms with Crippen molar-refractivity contribution in [3.05, 3.63) is 48.2 Å². The molecule has 0 bridgehead atoms. The SMILES string of the molecule is COc1cc2nc(-c3n[nH]cc3NC(=O)Nc3c(F)cccc3F)[nH]c2cc1OC. The summed E-state index contributed by atoms with van der Waals surface area (Å²) in [7, 11) is 3.04. The van der Waals surface area contributed by atoms with E-state index in [0.717, 1.165) is 12.1 Å². The number of hydrogen-bond donors (Lipinski definition) is 4. The summed E-state index contributed by atoms with van der Waals surface area (Å²) < 4.78 is 38.0. The average Bonchev–Trinajstić information content (AvgIpc) is 3.35. The van der Waals surface area contributed by atoms with Gasteiger partial charge in [-0.2, -0.15) is 5.10 Å². The van der Waals surface area contributed by atoms with Crippen molar-refractivity contribution >= 4 is 28.4 Å². The number of carbonyl (C=O) groups excluding carboxylic acids is 1. The average molecular weight is 414 g/mol. The molecule has 4 rings (SSSR count). The van der Waals surface area contributed by atoms with E-state index in [2.05, 4.69) is 30.8 Å². The Morgan fingerprint density at radius 1 is 1.07 bits per heavy atom. The molecule has 0 atom stereocenters. The predicted octanol–water partition coefficient (Wildman–Crippen LogP) is 3.89. The summed E-state index contributed by atoms with van der Waals surface area (Å²) in [5.74, 6) is -0.397. The zero-order valence-electron chi connectivity index (χ0n) is 15.8. The van der Waals surface area contributed by atoms with Crippen molar-refractivity contribution in [3.8, 4) is 23.0 Å². The van der Waals surface area contributed by atoms with Gasteiger partial charge in [0.15, 0.2) is 23.0 Å². The summed E-state index contributed by atoms with van der Waals surface area (Å²) >= 11 is 0. The zero-order chi connectivity index (χ0) is 21.3. The first-order chi connectivity index (χ1) is 14.5. The van der Waals surface area contributed by atoms with Crippen LogP contribution in [0.5, 0.6) is 11.5 Å². The highest BCUT2D eigenvalue weighted by molar-refractivity contribution is 6.01. The minimum atomic E-state index is -0.891. The number of aromatic nitrogens is 4. The van der Waals surface area contributed by atoms with Gasteiger partial charge in [-0.05, 0) is 12.1 Å². The van der Waals surface area contributed by atoms with Gasteiger partial charge in [-0.3, -0.25) is 5.10 Å². The lowest BCUT2D eigenvalue weighted by Gasteiger charge is -2.08. The number of methoxy groups -OCH3 is 2. The number of para-hydroxylation sites is 1. The number of imidazole rings is 1. The largest absolute Gasteiger partial charge is 0.493 e. The monoisotopic (exact) mass is 414 g/mol. The van der Waals surface area contributed by atoms with E-state index in [9.17, 15) is 13.6 Å². The molecule has 2 aromatic heterocycles. The fraction of sp³-hybridized carbons (Fsp3) is 0.105. The molecule has 11 heteroatoms. The first-order valence-corrected chi connectivity index (χ1v) is 8.68. The number of aromatic amines is 2. The van der Waals surface area contributed by atoms with Gasteiger partial charge < -0.3 is 25.1 Å². The summed E-state index contributed by atoms with van der Waals surface area (Å²) in [6, 6.07) is 5.85. The van der Waals surface area contributed by atoms with E-state index in [1.807, 2.05) is 0 Å². The summed E-state index contributed by atoms with van der Waals surface area (Å²) in [6.07, 6.45) is 1.42. The maximum absolute atomic E-state index is 13.7. The number of carbonyl (C=O) groups is 1. The summed E-state index contributed by atoms with van der Waals surface area (Å²) in [5.41, 5.74) is 1.25. The minimum Gasteiger partial charge on any atom is -0.493 e. The Morgan fingerprint density at radius 2 is 1.77 bits per heavy atom. The quantitative estimate of drug-likeness (QED) is 0.395. The van der Waals surface area contributed by atoms with Gasteiger partial charge in [0, 0.05) is 18.3 Å². The van der Waals surface area contributed by atoms with Crippen molar-refractivity contribution < 1.29 is 23.0 Å². The first kappa shape index (κ1) is 19.2. The van der Waals surface area contributed by atoms with Crippen LogP contribution in [0.15, 0.2) is 36.5 Å². The molecular weight excluding hydrogens is 398 g/mol. The topological polar surface area (TPSA) is 117 Å². The number of rotatable bonds is 5. The second-order valence-corrected chi connectivity index (χ2v) is 6.13. The van der Waals surface area contributed by atoms with Crippen molar-refractivity contribution in [2.45, 2.75) is 0 Å². The number of benzene rings is 2. The molecule has 4 N–H and O–H groups in total.